The quantitative estimate of drug-likeness (QED) is 0.131. The van der Waals surface area contributed by atoms with Gasteiger partial charge in [0.2, 0.25) is 0 Å². The Morgan fingerprint density at radius 2 is 1.74 bits per heavy atom. The second-order valence-corrected chi connectivity index (χ2v) is 13.4. The molecule has 1 aliphatic rings. The molecule has 6 rings (SSSR count). The van der Waals surface area contributed by atoms with Gasteiger partial charge in [-0.2, -0.15) is 0 Å². The summed E-state index contributed by atoms with van der Waals surface area (Å²) >= 11 is 1.59. The second-order valence-electron chi connectivity index (χ2n) is 12.5. The van der Waals surface area contributed by atoms with Crippen molar-refractivity contribution >= 4 is 45.7 Å². The fourth-order valence-electron chi connectivity index (χ4n) is 5.95. The highest BCUT2D eigenvalue weighted by Gasteiger charge is 2.26. The summed E-state index contributed by atoms with van der Waals surface area (Å²) in [6.07, 6.45) is 3.38. The molecule has 8 nitrogen and oxygen atoms in total. The smallest absolute Gasteiger partial charge is 0.336 e. The molecule has 2 amide bonds. The molecule has 0 unspecified atom stereocenters. The van der Waals surface area contributed by atoms with Crippen molar-refractivity contribution in [2.45, 2.75) is 40.5 Å². The van der Waals surface area contributed by atoms with Crippen LogP contribution < -0.4 is 15.4 Å². The van der Waals surface area contributed by atoms with E-state index in [4.69, 9.17) is 4.74 Å². The zero-order valence-electron chi connectivity index (χ0n) is 26.3. The molecule has 0 bridgehead atoms. The first kappa shape index (κ1) is 31.1. The molecule has 0 aliphatic carbocycles. The number of hydrogen-bond acceptors (Lipinski definition) is 5. The fourth-order valence-corrected chi connectivity index (χ4v) is 6.93. The van der Waals surface area contributed by atoms with Crippen LogP contribution in [-0.2, 0) is 12.8 Å². The van der Waals surface area contributed by atoms with Crippen molar-refractivity contribution in [2.24, 2.45) is 11.8 Å². The molecule has 4 N–H and O–H groups in total. The molecule has 1 aliphatic heterocycles. The number of aromatic carboxylic acids is 1. The molecular formula is C37H37N3O5S. The molecular weight excluding hydrogens is 598 g/mol. The number of H-pyrrole nitrogens is 1. The zero-order valence-corrected chi connectivity index (χ0v) is 27.1. The molecule has 0 saturated heterocycles. The summed E-state index contributed by atoms with van der Waals surface area (Å²) in [5.74, 6) is -0.747. The van der Waals surface area contributed by atoms with E-state index in [0.29, 0.717) is 47.2 Å². The number of hydrogen-bond donors (Lipinski definition) is 4. The van der Waals surface area contributed by atoms with Gasteiger partial charge in [0.05, 0.1) is 12.2 Å². The van der Waals surface area contributed by atoms with Crippen LogP contribution in [0.1, 0.15) is 69.9 Å². The molecule has 0 fully saturated rings. The van der Waals surface area contributed by atoms with Gasteiger partial charge in [0, 0.05) is 57.3 Å². The van der Waals surface area contributed by atoms with E-state index in [1.54, 1.807) is 29.5 Å². The van der Waals surface area contributed by atoms with Crippen LogP contribution in [0.15, 0.2) is 66.2 Å². The van der Waals surface area contributed by atoms with Gasteiger partial charge in [-0.05, 0) is 94.4 Å². The van der Waals surface area contributed by atoms with Crippen LogP contribution in [0.4, 0.5) is 5.69 Å². The summed E-state index contributed by atoms with van der Waals surface area (Å²) in [6, 6.07) is 16.1. The topological polar surface area (TPSA) is 121 Å². The highest BCUT2D eigenvalue weighted by molar-refractivity contribution is 7.13. The van der Waals surface area contributed by atoms with E-state index in [9.17, 15) is 19.5 Å². The number of aromatic amines is 1. The lowest BCUT2D eigenvalue weighted by Crippen LogP contribution is -2.27. The number of benzene rings is 3. The molecule has 3 aromatic carbocycles. The van der Waals surface area contributed by atoms with E-state index in [2.05, 4.69) is 35.5 Å². The van der Waals surface area contributed by atoms with Gasteiger partial charge in [0.15, 0.2) is 0 Å². The normalized spacial score (nSPS) is 12.4. The van der Waals surface area contributed by atoms with Crippen LogP contribution in [-0.4, -0.2) is 41.0 Å². The highest BCUT2D eigenvalue weighted by atomic mass is 32.1. The van der Waals surface area contributed by atoms with Gasteiger partial charge >= 0.3 is 5.97 Å². The third kappa shape index (κ3) is 6.15. The SMILES string of the molecule is CC(C)CNC(=O)c1ccc(-c2cc3c(cc2C(=O)Nc2ccc4[nH]ccc4c2CC(C)C)-c2sccc2CCO3)c(C(=O)O)c1. The number of aromatic nitrogens is 1. The Labute approximate surface area is 271 Å². The van der Waals surface area contributed by atoms with Crippen LogP contribution in [0.25, 0.3) is 32.5 Å². The van der Waals surface area contributed by atoms with Crippen molar-refractivity contribution in [3.8, 4) is 27.3 Å². The summed E-state index contributed by atoms with van der Waals surface area (Å²) < 4.78 is 6.18. The average molecular weight is 636 g/mol. The van der Waals surface area contributed by atoms with Crippen molar-refractivity contribution < 1.29 is 24.2 Å². The number of carboxylic acid groups (broad SMARTS) is 1. The standard InChI is InChI=1S/C37H37N3O5S/c1-20(2)15-27-25-9-12-38-31(25)7-8-32(27)40-36(42)28-17-30-33(45-13-10-22-11-14-46-34(22)30)18-26(28)24-6-5-23(16-29(24)37(43)44)35(41)39-19-21(3)4/h5-9,11-12,14,16-18,20-21,38H,10,13,15,19H2,1-4H3,(H,39,41)(H,40,42)(H,43,44). The summed E-state index contributed by atoms with van der Waals surface area (Å²) in [4.78, 5) is 44.2. The largest absolute Gasteiger partial charge is 0.493 e. The van der Waals surface area contributed by atoms with Crippen LogP contribution >= 0.6 is 11.3 Å². The van der Waals surface area contributed by atoms with Gasteiger partial charge in [0.1, 0.15) is 5.75 Å². The Morgan fingerprint density at radius 1 is 0.913 bits per heavy atom. The minimum absolute atomic E-state index is 0.0779. The van der Waals surface area contributed by atoms with Crippen molar-refractivity contribution in [3.63, 3.8) is 0 Å². The number of carbonyl (C=O) groups excluding carboxylic acids is 2. The van der Waals surface area contributed by atoms with Crippen LogP contribution in [0, 0.1) is 11.8 Å². The number of thiophene rings is 1. The Hall–Kier alpha value is -4.89. The number of fused-ring (bicyclic) bond motifs is 4. The Kier molecular flexibility index (Phi) is 8.69. The number of nitrogens with one attached hydrogen (secondary N) is 3. The maximum absolute atomic E-state index is 14.4. The molecule has 9 heteroatoms. The molecule has 0 radical (unpaired) electrons. The Balaban J connectivity index is 1.50. The minimum atomic E-state index is -1.20. The van der Waals surface area contributed by atoms with Crippen molar-refractivity contribution in [3.05, 3.63) is 94.0 Å². The molecule has 0 atom stereocenters. The summed E-state index contributed by atoms with van der Waals surface area (Å²) in [7, 11) is 0. The van der Waals surface area contributed by atoms with Gasteiger partial charge in [0.25, 0.3) is 11.8 Å². The number of ether oxygens (including phenoxy) is 1. The van der Waals surface area contributed by atoms with Crippen LogP contribution in [0.3, 0.4) is 0 Å². The predicted molar refractivity (Wildman–Crippen MR) is 183 cm³/mol. The van der Waals surface area contributed by atoms with Crippen molar-refractivity contribution in [1.29, 1.82) is 0 Å². The zero-order chi connectivity index (χ0) is 32.5. The summed E-state index contributed by atoms with van der Waals surface area (Å²) in [5.41, 5.74) is 5.87. The number of carbonyl (C=O) groups is 3. The number of rotatable bonds is 9. The third-order valence-corrected chi connectivity index (χ3v) is 9.15. The average Bonchev–Trinajstić information content (AvgIpc) is 3.67. The van der Waals surface area contributed by atoms with Gasteiger partial charge in [-0.3, -0.25) is 9.59 Å². The number of amides is 2. The highest BCUT2D eigenvalue weighted by Crippen LogP contribution is 2.43. The van der Waals surface area contributed by atoms with E-state index >= 15 is 0 Å². The minimum Gasteiger partial charge on any atom is -0.493 e. The lowest BCUT2D eigenvalue weighted by Gasteiger charge is -2.19. The first-order valence-corrected chi connectivity index (χ1v) is 16.4. The monoisotopic (exact) mass is 635 g/mol. The maximum Gasteiger partial charge on any atom is 0.336 e. The molecule has 5 aromatic rings. The Bertz CT molecular complexity index is 1970. The molecule has 3 heterocycles. The lowest BCUT2D eigenvalue weighted by atomic mass is 9.90. The van der Waals surface area contributed by atoms with E-state index in [1.807, 2.05) is 49.7 Å². The first-order valence-electron chi connectivity index (χ1n) is 15.5. The van der Waals surface area contributed by atoms with Crippen LogP contribution in [0.2, 0.25) is 0 Å². The van der Waals surface area contributed by atoms with Crippen molar-refractivity contribution in [1.82, 2.24) is 10.3 Å². The Morgan fingerprint density at radius 3 is 2.50 bits per heavy atom. The summed E-state index contributed by atoms with van der Waals surface area (Å²) in [6.45, 7) is 9.17. The van der Waals surface area contributed by atoms with E-state index < -0.39 is 5.97 Å². The van der Waals surface area contributed by atoms with Crippen molar-refractivity contribution in [2.75, 3.05) is 18.5 Å². The third-order valence-electron chi connectivity index (χ3n) is 8.16. The van der Waals surface area contributed by atoms with Gasteiger partial charge in [-0.15, -0.1) is 11.3 Å². The van der Waals surface area contributed by atoms with Gasteiger partial charge in [-0.1, -0.05) is 33.8 Å². The lowest BCUT2D eigenvalue weighted by molar-refractivity contribution is 0.0697. The second kappa shape index (κ2) is 12.8. The van der Waals surface area contributed by atoms with E-state index in [-0.39, 0.29) is 28.9 Å². The molecule has 0 saturated carbocycles. The summed E-state index contributed by atoms with van der Waals surface area (Å²) in [5, 5.41) is 19.4. The van der Waals surface area contributed by atoms with Gasteiger partial charge < -0.3 is 25.5 Å². The molecule has 236 valence electrons. The fraction of sp³-hybridized carbons (Fsp3) is 0.270. The molecule has 0 spiro atoms. The number of anilines is 1. The van der Waals surface area contributed by atoms with Crippen LogP contribution in [0.5, 0.6) is 5.75 Å². The first-order chi connectivity index (χ1) is 22.1. The van der Waals surface area contributed by atoms with E-state index in [1.165, 1.54) is 6.07 Å². The molecule has 46 heavy (non-hydrogen) atoms. The predicted octanol–water partition coefficient (Wildman–Crippen LogP) is 8.03. The van der Waals surface area contributed by atoms with Gasteiger partial charge in [-0.25, -0.2) is 4.79 Å². The number of carboxylic acids is 1. The van der Waals surface area contributed by atoms with E-state index in [0.717, 1.165) is 45.3 Å². The maximum atomic E-state index is 14.4. The molecule has 2 aromatic heterocycles.